The number of hydrogen-bond donors (Lipinski definition) is 0. The number of rotatable bonds is 5. The lowest BCUT2D eigenvalue weighted by atomic mass is 9.92. The van der Waals surface area contributed by atoms with Gasteiger partial charge in [0.1, 0.15) is 22.3 Å². The Morgan fingerprint density at radius 3 is 1.12 bits per heavy atom. The fourth-order valence-electron chi connectivity index (χ4n) is 11.5. The molecule has 0 unspecified atom stereocenters. The number of furan rings is 2. The maximum atomic E-state index is 7.15. The molecule has 0 spiro atoms. The molecule has 13 aromatic rings. The topological polar surface area (TPSA) is 52.1 Å². The highest BCUT2D eigenvalue weighted by molar-refractivity contribution is 6.23. The van der Waals surface area contributed by atoms with Crippen LogP contribution in [0, 0.1) is 41.5 Å². The third-order valence-corrected chi connectivity index (χ3v) is 14.2. The molecule has 4 nitrogen and oxygen atoms in total. The van der Waals surface area contributed by atoms with Crippen LogP contribution < -0.4 is 0 Å². The first kappa shape index (κ1) is 40.0. The molecule has 0 aliphatic heterocycles. The summed E-state index contributed by atoms with van der Waals surface area (Å²) in [6.07, 6.45) is 1.94. The summed E-state index contributed by atoms with van der Waals surface area (Å²) in [5.41, 5.74) is 23.1. The van der Waals surface area contributed by atoms with Crippen molar-refractivity contribution in [3.05, 3.63) is 203 Å². The van der Waals surface area contributed by atoms with Crippen LogP contribution in [0.4, 0.5) is 0 Å². The van der Waals surface area contributed by atoms with Crippen LogP contribution in [0.1, 0.15) is 33.4 Å². The molecule has 0 aliphatic rings. The quantitative estimate of drug-likeness (QED) is 0.162. The Kier molecular flexibility index (Phi) is 8.88. The Bertz CT molecular complexity index is 4010. The van der Waals surface area contributed by atoms with Crippen molar-refractivity contribution in [1.82, 2.24) is 9.97 Å². The molecule has 0 bridgehead atoms. The summed E-state index contributed by atoms with van der Waals surface area (Å²) in [7, 11) is 0. The minimum absolute atomic E-state index is 0.787. The van der Waals surface area contributed by atoms with Crippen molar-refractivity contribution < 1.29 is 8.83 Å². The summed E-state index contributed by atoms with van der Waals surface area (Å²) < 4.78 is 14.3. The van der Waals surface area contributed by atoms with Crippen molar-refractivity contribution in [2.45, 2.75) is 41.5 Å². The molecule has 0 atom stereocenters. The second-order valence-electron chi connectivity index (χ2n) is 18.8. The molecular formula is C64H46N2O2. The predicted molar refractivity (Wildman–Crippen MR) is 285 cm³/mol. The van der Waals surface area contributed by atoms with Gasteiger partial charge in [-0.25, -0.2) is 4.98 Å². The van der Waals surface area contributed by atoms with Crippen molar-refractivity contribution >= 4 is 76.5 Å². The smallest absolute Gasteiger partial charge is 0.143 e. The van der Waals surface area contributed by atoms with Crippen LogP contribution >= 0.6 is 0 Å². The monoisotopic (exact) mass is 874 g/mol. The second kappa shape index (κ2) is 15.1. The highest BCUT2D eigenvalue weighted by Gasteiger charge is 2.22. The van der Waals surface area contributed by atoms with E-state index in [0.29, 0.717) is 0 Å². The molecule has 13 rings (SSSR count). The lowest BCUT2D eigenvalue weighted by Gasteiger charge is -2.13. The zero-order chi connectivity index (χ0) is 45.9. The van der Waals surface area contributed by atoms with Gasteiger partial charge in [0.25, 0.3) is 0 Å². The van der Waals surface area contributed by atoms with E-state index in [2.05, 4.69) is 205 Å². The van der Waals surface area contributed by atoms with Crippen LogP contribution in [0.25, 0.3) is 132 Å². The first-order valence-corrected chi connectivity index (χ1v) is 23.5. The van der Waals surface area contributed by atoms with Gasteiger partial charge in [0.05, 0.1) is 22.9 Å². The highest BCUT2D eigenvalue weighted by atomic mass is 16.3. The molecule has 0 fully saturated rings. The van der Waals surface area contributed by atoms with Crippen molar-refractivity contribution in [3.63, 3.8) is 0 Å². The molecule has 3 heterocycles. The zero-order valence-electron chi connectivity index (χ0n) is 38.9. The van der Waals surface area contributed by atoms with Crippen LogP contribution in [-0.4, -0.2) is 9.97 Å². The molecular weight excluding hydrogens is 829 g/mol. The van der Waals surface area contributed by atoms with Crippen molar-refractivity contribution in [3.8, 4) is 55.8 Å². The van der Waals surface area contributed by atoms with Crippen molar-refractivity contribution in [2.24, 2.45) is 0 Å². The van der Waals surface area contributed by atoms with E-state index >= 15 is 0 Å². The van der Waals surface area contributed by atoms with Crippen molar-refractivity contribution in [2.75, 3.05) is 0 Å². The van der Waals surface area contributed by atoms with Crippen molar-refractivity contribution in [1.29, 1.82) is 0 Å². The molecule has 0 radical (unpaired) electrons. The molecule has 0 N–H and O–H groups in total. The SMILES string of the molecule is Cc1cc(C)c(-c2cccc3c2oc2c(-c4cc(-c5cnc6c7ccccc7c7ccccc7c6n5)cc(-c5cccc6c5oc5c(-c7c(C)cc(C)cc7C)cccc56)c4)cccc23)c(C)c1. The van der Waals surface area contributed by atoms with Gasteiger partial charge in [0.15, 0.2) is 0 Å². The van der Waals surface area contributed by atoms with Crippen LogP contribution in [0.15, 0.2) is 179 Å². The van der Waals surface area contributed by atoms with Gasteiger partial charge in [-0.05, 0) is 115 Å². The van der Waals surface area contributed by atoms with E-state index < -0.39 is 0 Å². The lowest BCUT2D eigenvalue weighted by Crippen LogP contribution is -1.93. The number of fused-ring (bicyclic) bond motifs is 12. The fourth-order valence-corrected chi connectivity index (χ4v) is 11.5. The van der Waals surface area contributed by atoms with Gasteiger partial charge in [-0.15, -0.1) is 0 Å². The Hall–Kier alpha value is -8.34. The molecule has 68 heavy (non-hydrogen) atoms. The fraction of sp³-hybridized carbons (Fsp3) is 0.0938. The highest BCUT2D eigenvalue weighted by Crippen LogP contribution is 2.46. The third-order valence-electron chi connectivity index (χ3n) is 14.2. The van der Waals surface area contributed by atoms with Gasteiger partial charge in [-0.1, -0.05) is 157 Å². The maximum absolute atomic E-state index is 7.15. The molecule has 0 saturated heterocycles. The van der Waals surface area contributed by atoms with E-state index in [4.69, 9.17) is 18.8 Å². The summed E-state index contributed by atoms with van der Waals surface area (Å²) in [4.78, 5) is 10.7. The summed E-state index contributed by atoms with van der Waals surface area (Å²) in [6, 6.07) is 59.0. The first-order chi connectivity index (χ1) is 33.2. The van der Waals surface area contributed by atoms with Gasteiger partial charge in [-0.2, -0.15) is 0 Å². The average Bonchev–Trinajstić information content (AvgIpc) is 3.93. The van der Waals surface area contributed by atoms with E-state index in [9.17, 15) is 0 Å². The minimum Gasteiger partial charge on any atom is -0.455 e. The number of nitrogens with zero attached hydrogens (tertiary/aromatic N) is 2. The van der Waals surface area contributed by atoms with Crippen LogP contribution in [0.3, 0.4) is 0 Å². The number of para-hydroxylation sites is 4. The molecule has 10 aromatic carbocycles. The van der Waals surface area contributed by atoms with E-state index in [1.807, 2.05) is 6.20 Å². The standard InChI is InChI=1S/C64H46N2O2/c1-35-27-37(3)57(38(4)28-35)54-25-13-23-52-50-21-11-19-44(61(50)67-63(52)54)41-31-42(33-43(32-41)56-34-65-59-48-17-9-7-15-46(48)47-16-8-10-18-49(47)60(59)66-56)45-20-12-22-51-53-24-14-26-55(64(53)68-62(45)51)58-39(5)29-36(2)30-40(58)6/h7-34H,1-6H3. The van der Waals surface area contributed by atoms with Gasteiger partial charge in [0.2, 0.25) is 0 Å². The third kappa shape index (κ3) is 6.07. The molecule has 0 saturated carbocycles. The van der Waals surface area contributed by atoms with E-state index in [-0.39, 0.29) is 0 Å². The number of benzene rings is 10. The Morgan fingerprint density at radius 1 is 0.324 bits per heavy atom. The lowest BCUT2D eigenvalue weighted by molar-refractivity contribution is 0.671. The Morgan fingerprint density at radius 2 is 0.676 bits per heavy atom. The minimum atomic E-state index is 0.787. The van der Waals surface area contributed by atoms with Crippen LogP contribution in [-0.2, 0) is 0 Å². The van der Waals surface area contributed by atoms with E-state index in [1.165, 1.54) is 49.9 Å². The second-order valence-corrected chi connectivity index (χ2v) is 18.8. The van der Waals surface area contributed by atoms with Gasteiger partial charge >= 0.3 is 0 Å². The summed E-state index contributed by atoms with van der Waals surface area (Å²) >= 11 is 0. The Balaban J connectivity index is 1.08. The summed E-state index contributed by atoms with van der Waals surface area (Å²) in [5, 5.41) is 8.84. The summed E-state index contributed by atoms with van der Waals surface area (Å²) in [6.45, 7) is 13.1. The first-order valence-electron chi connectivity index (χ1n) is 23.5. The van der Waals surface area contributed by atoms with Crippen LogP contribution in [0.5, 0.6) is 0 Å². The van der Waals surface area contributed by atoms with Gasteiger partial charge in [0, 0.05) is 60.1 Å². The molecule has 324 valence electrons. The molecule has 3 aromatic heterocycles. The maximum Gasteiger partial charge on any atom is 0.143 e. The van der Waals surface area contributed by atoms with Crippen LogP contribution in [0.2, 0.25) is 0 Å². The summed E-state index contributed by atoms with van der Waals surface area (Å²) in [5.74, 6) is 0. The van der Waals surface area contributed by atoms with E-state index in [1.54, 1.807) is 0 Å². The number of hydrogen-bond acceptors (Lipinski definition) is 4. The number of aromatic nitrogens is 2. The van der Waals surface area contributed by atoms with E-state index in [0.717, 1.165) is 116 Å². The molecule has 0 amide bonds. The van der Waals surface area contributed by atoms with Gasteiger partial charge < -0.3 is 8.83 Å². The average molecular weight is 875 g/mol. The molecule has 4 heteroatoms. The van der Waals surface area contributed by atoms with Gasteiger partial charge in [-0.3, -0.25) is 4.98 Å². The normalized spacial score (nSPS) is 12.0. The number of aryl methyl sites for hydroxylation is 6. The molecule has 0 aliphatic carbocycles. The zero-order valence-corrected chi connectivity index (χ0v) is 38.9. The Labute approximate surface area is 394 Å². The largest absolute Gasteiger partial charge is 0.455 e. The predicted octanol–water partition coefficient (Wildman–Crippen LogP) is 17.9.